The third kappa shape index (κ3) is 4.39. The standard InChI is InChI=1S/C22H22F3N5O3/c23-22(24,25)14-2-1-3-15(10-14)28-21(32)29-6-7-30-17(12-29)18(20(27)31)16(11-26)19(30)13-4-8-33-9-5-13/h1-3,10,13H,4-9,12H2,(H2,27,31)(H,28,32). The fraction of sp³-hybridized carbons (Fsp3) is 0.409. The summed E-state index contributed by atoms with van der Waals surface area (Å²) in [6.07, 6.45) is -3.12. The molecule has 2 aliphatic heterocycles. The Morgan fingerprint density at radius 3 is 2.58 bits per heavy atom. The van der Waals surface area contributed by atoms with Gasteiger partial charge in [0.15, 0.2) is 0 Å². The summed E-state index contributed by atoms with van der Waals surface area (Å²) in [5, 5.41) is 12.3. The maximum absolute atomic E-state index is 13.0. The van der Waals surface area contributed by atoms with E-state index >= 15 is 0 Å². The number of amides is 3. The van der Waals surface area contributed by atoms with Gasteiger partial charge in [0.25, 0.3) is 5.91 Å². The number of aromatic nitrogens is 1. The van der Waals surface area contributed by atoms with E-state index in [0.717, 1.165) is 17.8 Å². The molecule has 1 aromatic heterocycles. The lowest BCUT2D eigenvalue weighted by atomic mass is 9.92. The highest BCUT2D eigenvalue weighted by molar-refractivity contribution is 5.98. The predicted octanol–water partition coefficient (Wildman–Crippen LogP) is 3.42. The minimum Gasteiger partial charge on any atom is -0.381 e. The number of rotatable bonds is 3. The van der Waals surface area contributed by atoms with Crippen molar-refractivity contribution in [3.05, 3.63) is 52.3 Å². The van der Waals surface area contributed by atoms with Crippen molar-refractivity contribution in [2.24, 2.45) is 5.73 Å². The molecule has 0 radical (unpaired) electrons. The summed E-state index contributed by atoms with van der Waals surface area (Å²) >= 11 is 0. The van der Waals surface area contributed by atoms with Crippen molar-refractivity contribution < 1.29 is 27.5 Å². The van der Waals surface area contributed by atoms with Crippen molar-refractivity contribution in [3.63, 3.8) is 0 Å². The van der Waals surface area contributed by atoms with E-state index in [1.54, 1.807) is 0 Å². The van der Waals surface area contributed by atoms with E-state index in [1.807, 2.05) is 4.57 Å². The summed E-state index contributed by atoms with van der Waals surface area (Å²) in [5.74, 6) is -0.723. The number of carbonyl (C=O) groups is 2. The average Bonchev–Trinajstić information content (AvgIpc) is 3.13. The number of halogens is 3. The molecule has 0 spiro atoms. The minimum atomic E-state index is -4.53. The van der Waals surface area contributed by atoms with Crippen LogP contribution in [-0.2, 0) is 24.0 Å². The van der Waals surface area contributed by atoms with Gasteiger partial charge in [0.05, 0.1) is 28.9 Å². The van der Waals surface area contributed by atoms with E-state index in [0.29, 0.717) is 38.3 Å². The Morgan fingerprint density at radius 1 is 1.21 bits per heavy atom. The van der Waals surface area contributed by atoms with Crippen molar-refractivity contribution in [1.82, 2.24) is 9.47 Å². The van der Waals surface area contributed by atoms with Gasteiger partial charge >= 0.3 is 12.2 Å². The number of nitrogens with zero attached hydrogens (tertiary/aromatic N) is 3. The molecule has 33 heavy (non-hydrogen) atoms. The minimum absolute atomic E-state index is 0.000961. The Kier molecular flexibility index (Phi) is 6.03. The zero-order valence-electron chi connectivity index (χ0n) is 17.6. The quantitative estimate of drug-likeness (QED) is 0.729. The van der Waals surface area contributed by atoms with Gasteiger partial charge in [-0.15, -0.1) is 0 Å². The number of fused-ring (bicyclic) bond motifs is 1. The van der Waals surface area contributed by atoms with Crippen LogP contribution in [0.4, 0.5) is 23.7 Å². The van der Waals surface area contributed by atoms with Crippen molar-refractivity contribution in [2.75, 3.05) is 25.1 Å². The van der Waals surface area contributed by atoms with Crippen LogP contribution in [-0.4, -0.2) is 41.2 Å². The van der Waals surface area contributed by atoms with E-state index in [-0.39, 0.29) is 35.8 Å². The Balaban J connectivity index is 1.62. The topological polar surface area (TPSA) is 113 Å². The number of alkyl halides is 3. The molecule has 1 saturated heterocycles. The number of carbonyl (C=O) groups excluding carboxylic acids is 2. The number of nitrogens with one attached hydrogen (secondary N) is 1. The second kappa shape index (κ2) is 8.78. The van der Waals surface area contributed by atoms with Crippen LogP contribution in [0.1, 0.15) is 51.6 Å². The molecular formula is C22H22F3N5O3. The zero-order chi connectivity index (χ0) is 23.8. The molecule has 0 unspecified atom stereocenters. The van der Waals surface area contributed by atoms with Gasteiger partial charge in [-0.3, -0.25) is 4.79 Å². The molecule has 8 nitrogen and oxygen atoms in total. The molecule has 0 atom stereocenters. The molecule has 2 aliphatic rings. The van der Waals surface area contributed by atoms with E-state index in [1.165, 1.54) is 17.0 Å². The summed E-state index contributed by atoms with van der Waals surface area (Å²) < 4.78 is 46.2. The molecule has 1 fully saturated rings. The second-order valence-corrected chi connectivity index (χ2v) is 8.03. The molecule has 3 heterocycles. The first-order valence-electron chi connectivity index (χ1n) is 10.5. The van der Waals surface area contributed by atoms with Crippen LogP contribution < -0.4 is 11.1 Å². The highest BCUT2D eigenvalue weighted by Crippen LogP contribution is 2.36. The molecule has 3 amide bonds. The molecule has 4 rings (SSSR count). The monoisotopic (exact) mass is 461 g/mol. The van der Waals surface area contributed by atoms with Gasteiger partial charge in [-0.2, -0.15) is 18.4 Å². The third-order valence-corrected chi connectivity index (χ3v) is 6.04. The molecular weight excluding hydrogens is 439 g/mol. The number of hydrogen-bond acceptors (Lipinski definition) is 4. The van der Waals surface area contributed by atoms with Gasteiger partial charge in [0, 0.05) is 43.6 Å². The first-order valence-corrected chi connectivity index (χ1v) is 10.5. The molecule has 0 saturated carbocycles. The van der Waals surface area contributed by atoms with Gasteiger partial charge in [-0.05, 0) is 31.0 Å². The molecule has 11 heteroatoms. The summed E-state index contributed by atoms with van der Waals surface area (Å²) in [6, 6.07) is 5.87. The Bertz CT molecular complexity index is 1130. The van der Waals surface area contributed by atoms with Gasteiger partial charge < -0.3 is 25.3 Å². The number of anilines is 1. The van der Waals surface area contributed by atoms with Crippen molar-refractivity contribution >= 4 is 17.6 Å². The van der Waals surface area contributed by atoms with Crippen molar-refractivity contribution in [3.8, 4) is 6.07 Å². The maximum atomic E-state index is 13.0. The van der Waals surface area contributed by atoms with Crippen molar-refractivity contribution in [1.29, 1.82) is 5.26 Å². The van der Waals surface area contributed by atoms with Gasteiger partial charge in [0.1, 0.15) is 6.07 Å². The van der Waals surface area contributed by atoms with Crippen LogP contribution in [0.15, 0.2) is 24.3 Å². The first kappa shape index (κ1) is 22.7. The summed E-state index contributed by atoms with van der Waals surface area (Å²) in [4.78, 5) is 26.5. The van der Waals surface area contributed by atoms with Gasteiger partial charge in [-0.25, -0.2) is 4.79 Å². The predicted molar refractivity (Wildman–Crippen MR) is 111 cm³/mol. The van der Waals surface area contributed by atoms with E-state index in [9.17, 15) is 28.0 Å². The van der Waals surface area contributed by atoms with Crippen LogP contribution in [0.5, 0.6) is 0 Å². The summed E-state index contributed by atoms with van der Waals surface area (Å²) in [7, 11) is 0. The molecule has 3 N–H and O–H groups in total. The lowest BCUT2D eigenvalue weighted by Gasteiger charge is -2.32. The van der Waals surface area contributed by atoms with E-state index in [4.69, 9.17) is 10.5 Å². The fourth-order valence-corrected chi connectivity index (χ4v) is 4.51. The van der Waals surface area contributed by atoms with E-state index in [2.05, 4.69) is 11.4 Å². The Hall–Kier alpha value is -3.52. The molecule has 174 valence electrons. The Labute approximate surface area is 187 Å². The first-order chi connectivity index (χ1) is 15.7. The largest absolute Gasteiger partial charge is 0.416 e. The average molecular weight is 461 g/mol. The van der Waals surface area contributed by atoms with Crippen molar-refractivity contribution in [2.45, 2.75) is 38.0 Å². The van der Waals surface area contributed by atoms with Crippen LogP contribution in [0.25, 0.3) is 0 Å². The number of benzene rings is 1. The summed E-state index contributed by atoms with van der Waals surface area (Å²) in [6.45, 7) is 1.69. The lowest BCUT2D eigenvalue weighted by molar-refractivity contribution is -0.137. The highest BCUT2D eigenvalue weighted by Gasteiger charge is 2.35. The lowest BCUT2D eigenvalue weighted by Crippen LogP contribution is -2.41. The number of hydrogen-bond donors (Lipinski definition) is 2. The second-order valence-electron chi connectivity index (χ2n) is 8.03. The number of nitrogens with two attached hydrogens (primary N) is 1. The van der Waals surface area contributed by atoms with Crippen LogP contribution in [0, 0.1) is 11.3 Å². The van der Waals surface area contributed by atoms with Gasteiger partial charge in [0.2, 0.25) is 0 Å². The zero-order valence-corrected chi connectivity index (χ0v) is 17.6. The summed E-state index contributed by atoms with van der Waals surface area (Å²) in [5.41, 5.74) is 6.26. The normalized spacial score (nSPS) is 16.7. The number of ether oxygens (including phenoxy) is 1. The van der Waals surface area contributed by atoms with E-state index < -0.39 is 23.7 Å². The molecule has 1 aromatic carbocycles. The van der Waals surface area contributed by atoms with Crippen LogP contribution >= 0.6 is 0 Å². The SMILES string of the molecule is N#Cc1c(C(N)=O)c2n(c1C1CCOCC1)CCN(C(=O)Nc1cccc(C(F)(F)F)c1)C2. The number of primary amides is 1. The maximum Gasteiger partial charge on any atom is 0.416 e. The third-order valence-electron chi connectivity index (χ3n) is 6.04. The molecule has 2 aromatic rings. The molecule has 0 aliphatic carbocycles. The smallest absolute Gasteiger partial charge is 0.381 e. The number of nitriles is 1. The Morgan fingerprint density at radius 2 is 1.94 bits per heavy atom. The molecule has 0 bridgehead atoms. The van der Waals surface area contributed by atoms with Crippen LogP contribution in [0.3, 0.4) is 0 Å². The fourth-order valence-electron chi connectivity index (χ4n) is 4.51. The van der Waals surface area contributed by atoms with Gasteiger partial charge in [-0.1, -0.05) is 6.07 Å². The van der Waals surface area contributed by atoms with Crippen LogP contribution in [0.2, 0.25) is 0 Å². The number of urea groups is 1. The highest BCUT2D eigenvalue weighted by atomic mass is 19.4.